The fraction of sp³-hybridized carbons (Fsp3) is 0.667. The number of nitrogens with zero attached hydrogens (tertiary/aromatic N) is 3. The minimum Gasteiger partial charge on any atom is -0.444 e. The van der Waals surface area contributed by atoms with Crippen LogP contribution < -0.4 is 0 Å². The molecule has 2 heterocycles. The number of carbonyl (C=O) groups is 1. The highest BCUT2D eigenvalue weighted by atomic mass is 35.5. The van der Waals surface area contributed by atoms with Crippen molar-refractivity contribution in [1.82, 2.24) is 14.9 Å². The van der Waals surface area contributed by atoms with Gasteiger partial charge in [-0.3, -0.25) is 4.21 Å². The van der Waals surface area contributed by atoms with E-state index in [0.29, 0.717) is 17.5 Å². The third-order valence-electron chi connectivity index (χ3n) is 3.44. The van der Waals surface area contributed by atoms with Crippen LogP contribution in [0.15, 0.2) is 11.4 Å². The van der Waals surface area contributed by atoms with Crippen molar-refractivity contribution in [3.63, 3.8) is 0 Å². The van der Waals surface area contributed by atoms with E-state index in [2.05, 4.69) is 9.97 Å². The molecule has 1 aliphatic rings. The summed E-state index contributed by atoms with van der Waals surface area (Å²) in [6.45, 7) is 7.89. The summed E-state index contributed by atoms with van der Waals surface area (Å²) in [6, 6.07) is -0.130. The predicted molar refractivity (Wildman–Crippen MR) is 89.0 cm³/mol. The van der Waals surface area contributed by atoms with Crippen LogP contribution in [-0.2, 0) is 15.5 Å². The van der Waals surface area contributed by atoms with Crippen LogP contribution in [0.3, 0.4) is 0 Å². The Balaban J connectivity index is 2.04. The molecule has 1 fully saturated rings. The van der Waals surface area contributed by atoms with Crippen molar-refractivity contribution in [2.24, 2.45) is 0 Å². The first-order valence-electron chi connectivity index (χ1n) is 7.54. The lowest BCUT2D eigenvalue weighted by atomic mass is 10.2. The Hall–Kier alpha value is -1.21. The number of hydrogen-bond acceptors (Lipinski definition) is 5. The standard InChI is InChI=1S/C15H22ClN3O3S/c1-10-8-17-13(18-12(10)16)23(21)9-11-6-5-7-19(11)14(20)22-15(2,3)4/h8,11H,5-7,9H2,1-4H3/t11-,23+/m1/s1. The van der Waals surface area contributed by atoms with E-state index in [1.807, 2.05) is 20.8 Å². The van der Waals surface area contributed by atoms with Crippen LogP contribution in [0.4, 0.5) is 4.79 Å². The molecule has 0 spiro atoms. The first-order valence-corrected chi connectivity index (χ1v) is 9.24. The van der Waals surface area contributed by atoms with Crippen LogP contribution in [0.25, 0.3) is 0 Å². The van der Waals surface area contributed by atoms with Crippen LogP contribution in [0.1, 0.15) is 39.2 Å². The molecule has 1 aliphatic heterocycles. The quantitative estimate of drug-likeness (QED) is 0.612. The van der Waals surface area contributed by atoms with Gasteiger partial charge >= 0.3 is 6.09 Å². The molecule has 1 amide bonds. The largest absolute Gasteiger partial charge is 0.444 e. The van der Waals surface area contributed by atoms with Crippen LogP contribution >= 0.6 is 11.6 Å². The van der Waals surface area contributed by atoms with Crippen molar-refractivity contribution in [3.8, 4) is 0 Å². The smallest absolute Gasteiger partial charge is 0.410 e. The molecule has 0 aromatic carbocycles. The summed E-state index contributed by atoms with van der Waals surface area (Å²) in [5.41, 5.74) is 0.195. The average molecular weight is 360 g/mol. The summed E-state index contributed by atoms with van der Waals surface area (Å²) in [7, 11) is -1.41. The van der Waals surface area contributed by atoms with Crippen LogP contribution in [0.2, 0.25) is 5.15 Å². The Morgan fingerprint density at radius 1 is 1.52 bits per heavy atom. The molecule has 0 bridgehead atoms. The first-order chi connectivity index (χ1) is 10.7. The van der Waals surface area contributed by atoms with Crippen molar-refractivity contribution >= 4 is 28.5 Å². The number of amides is 1. The summed E-state index contributed by atoms with van der Waals surface area (Å²) in [4.78, 5) is 22.0. The van der Waals surface area contributed by atoms with Crippen molar-refractivity contribution in [1.29, 1.82) is 0 Å². The van der Waals surface area contributed by atoms with Gasteiger partial charge in [0.2, 0.25) is 5.16 Å². The molecule has 128 valence electrons. The van der Waals surface area contributed by atoms with Crippen LogP contribution in [-0.4, -0.2) is 49.1 Å². The van der Waals surface area contributed by atoms with Gasteiger partial charge in [-0.2, -0.15) is 0 Å². The normalized spacial score (nSPS) is 19.7. The zero-order valence-corrected chi connectivity index (χ0v) is 15.4. The second kappa shape index (κ2) is 7.13. The van der Waals surface area contributed by atoms with E-state index in [-0.39, 0.29) is 17.3 Å². The Bertz CT molecular complexity index is 618. The lowest BCUT2D eigenvalue weighted by Crippen LogP contribution is -2.42. The fourth-order valence-corrected chi connectivity index (χ4v) is 3.72. The number of aromatic nitrogens is 2. The van der Waals surface area contributed by atoms with Crippen molar-refractivity contribution in [2.75, 3.05) is 12.3 Å². The van der Waals surface area contributed by atoms with E-state index in [1.54, 1.807) is 18.0 Å². The van der Waals surface area contributed by atoms with Gasteiger partial charge in [-0.05, 0) is 40.5 Å². The molecule has 0 unspecified atom stereocenters. The Morgan fingerprint density at radius 3 is 2.83 bits per heavy atom. The minimum atomic E-state index is -1.41. The summed E-state index contributed by atoms with van der Waals surface area (Å²) < 4.78 is 17.9. The van der Waals surface area contributed by atoms with Gasteiger partial charge < -0.3 is 9.64 Å². The van der Waals surface area contributed by atoms with Gasteiger partial charge in [0.25, 0.3) is 0 Å². The monoisotopic (exact) mass is 359 g/mol. The predicted octanol–water partition coefficient (Wildman–Crippen LogP) is 2.95. The zero-order chi connectivity index (χ0) is 17.2. The van der Waals surface area contributed by atoms with E-state index in [1.165, 1.54) is 0 Å². The molecule has 2 atom stereocenters. The van der Waals surface area contributed by atoms with Crippen molar-refractivity contribution in [3.05, 3.63) is 16.9 Å². The molecule has 0 radical (unpaired) electrons. The molecule has 0 N–H and O–H groups in total. The fourth-order valence-electron chi connectivity index (χ4n) is 2.34. The summed E-state index contributed by atoms with van der Waals surface area (Å²) in [6.07, 6.45) is 2.86. The lowest BCUT2D eigenvalue weighted by Gasteiger charge is -2.28. The molecule has 0 aliphatic carbocycles. The molecule has 2 rings (SSSR count). The molecule has 8 heteroatoms. The second-order valence-corrected chi connectivity index (χ2v) is 8.36. The summed E-state index contributed by atoms with van der Waals surface area (Å²) in [5.74, 6) is 0.290. The van der Waals surface area contributed by atoms with E-state index in [0.717, 1.165) is 18.4 Å². The number of likely N-dealkylation sites (tertiary alicyclic amines) is 1. The van der Waals surface area contributed by atoms with Gasteiger partial charge in [-0.15, -0.1) is 0 Å². The van der Waals surface area contributed by atoms with E-state index >= 15 is 0 Å². The van der Waals surface area contributed by atoms with E-state index in [9.17, 15) is 9.00 Å². The SMILES string of the molecule is Cc1cnc([S@@](=O)C[C@H]2CCCN2C(=O)OC(C)(C)C)nc1Cl. The van der Waals surface area contributed by atoms with Crippen LogP contribution in [0.5, 0.6) is 0 Å². The maximum atomic E-state index is 12.5. The van der Waals surface area contributed by atoms with Gasteiger partial charge in [-0.25, -0.2) is 14.8 Å². The zero-order valence-electron chi connectivity index (χ0n) is 13.8. The number of ether oxygens (including phenoxy) is 1. The molecule has 23 heavy (non-hydrogen) atoms. The third kappa shape index (κ3) is 4.88. The molecule has 1 saturated heterocycles. The maximum absolute atomic E-state index is 12.5. The van der Waals surface area contributed by atoms with Crippen molar-refractivity contribution in [2.45, 2.75) is 57.3 Å². The van der Waals surface area contributed by atoms with E-state index < -0.39 is 16.4 Å². The molecule has 1 aromatic heterocycles. The Labute approximate surface area is 144 Å². The second-order valence-electron chi connectivity index (χ2n) is 6.61. The lowest BCUT2D eigenvalue weighted by molar-refractivity contribution is 0.0241. The number of aryl methyl sites for hydroxylation is 1. The summed E-state index contributed by atoms with van der Waals surface area (Å²) >= 11 is 5.96. The highest BCUT2D eigenvalue weighted by Gasteiger charge is 2.33. The van der Waals surface area contributed by atoms with Gasteiger partial charge in [0.05, 0.1) is 16.6 Å². The van der Waals surface area contributed by atoms with Crippen LogP contribution in [0, 0.1) is 6.92 Å². The number of rotatable bonds is 3. The third-order valence-corrected chi connectivity index (χ3v) is 5.11. The highest BCUT2D eigenvalue weighted by molar-refractivity contribution is 7.84. The van der Waals surface area contributed by atoms with Crippen molar-refractivity contribution < 1.29 is 13.7 Å². The average Bonchev–Trinajstić information content (AvgIpc) is 2.88. The minimum absolute atomic E-state index is 0.130. The number of carbonyl (C=O) groups excluding carboxylic acids is 1. The highest BCUT2D eigenvalue weighted by Crippen LogP contribution is 2.22. The number of halogens is 1. The molecular weight excluding hydrogens is 338 g/mol. The molecule has 0 saturated carbocycles. The number of hydrogen-bond donors (Lipinski definition) is 0. The Morgan fingerprint density at radius 2 is 2.22 bits per heavy atom. The van der Waals surface area contributed by atoms with Gasteiger partial charge in [-0.1, -0.05) is 11.6 Å². The van der Waals surface area contributed by atoms with Gasteiger partial charge in [0.15, 0.2) is 0 Å². The molecular formula is C15H22ClN3O3S. The maximum Gasteiger partial charge on any atom is 0.410 e. The first kappa shape index (κ1) is 18.1. The van der Waals surface area contributed by atoms with Gasteiger partial charge in [0, 0.05) is 24.3 Å². The molecule has 1 aromatic rings. The van der Waals surface area contributed by atoms with Gasteiger partial charge in [0.1, 0.15) is 10.8 Å². The Kier molecular flexibility index (Phi) is 5.62. The molecule has 6 nitrogen and oxygen atoms in total. The summed E-state index contributed by atoms with van der Waals surface area (Å²) in [5, 5.41) is 0.510. The van der Waals surface area contributed by atoms with E-state index in [4.69, 9.17) is 16.3 Å². The topological polar surface area (TPSA) is 72.4 Å².